The molecule has 6 heteroatoms. The molecule has 20 heavy (non-hydrogen) atoms. The number of rotatable bonds is 3. The predicted octanol–water partition coefficient (Wildman–Crippen LogP) is 1.42. The summed E-state index contributed by atoms with van der Waals surface area (Å²) in [4.78, 5) is 14.2. The summed E-state index contributed by atoms with van der Waals surface area (Å²) in [6, 6.07) is 2.86. The standard InChI is InChI=1S/C14H19ClFN3O/c1-9-5-12(15)11(6-13(9)16)14(20)18-7-10-8-19(2)4-3-17-10/h5-6,10,17H,3-4,7-8H2,1-2H3,(H,18,20). The lowest BCUT2D eigenvalue weighted by atomic mass is 10.1. The Labute approximate surface area is 123 Å². The highest BCUT2D eigenvalue weighted by Crippen LogP contribution is 2.20. The van der Waals surface area contributed by atoms with Crippen LogP contribution in [0, 0.1) is 12.7 Å². The number of benzene rings is 1. The van der Waals surface area contributed by atoms with Gasteiger partial charge in [0.15, 0.2) is 0 Å². The predicted molar refractivity (Wildman–Crippen MR) is 77.8 cm³/mol. The van der Waals surface area contributed by atoms with Crippen LogP contribution in [0.15, 0.2) is 12.1 Å². The summed E-state index contributed by atoms with van der Waals surface area (Å²) in [5.74, 6) is -0.765. The summed E-state index contributed by atoms with van der Waals surface area (Å²) >= 11 is 5.99. The van der Waals surface area contributed by atoms with Gasteiger partial charge in [0.25, 0.3) is 5.91 Å². The minimum atomic E-state index is -0.421. The molecule has 1 aliphatic heterocycles. The van der Waals surface area contributed by atoms with Gasteiger partial charge in [-0.05, 0) is 31.7 Å². The van der Waals surface area contributed by atoms with E-state index in [0.29, 0.717) is 12.1 Å². The molecular weight excluding hydrogens is 281 g/mol. The summed E-state index contributed by atoms with van der Waals surface area (Å²) in [6.45, 7) is 4.88. The van der Waals surface area contributed by atoms with Crippen molar-refractivity contribution in [2.75, 3.05) is 33.2 Å². The van der Waals surface area contributed by atoms with E-state index in [4.69, 9.17) is 11.6 Å². The summed E-state index contributed by atoms with van der Waals surface area (Å²) < 4.78 is 13.5. The van der Waals surface area contributed by atoms with Crippen molar-refractivity contribution in [2.45, 2.75) is 13.0 Å². The zero-order chi connectivity index (χ0) is 14.7. The maximum atomic E-state index is 13.5. The lowest BCUT2D eigenvalue weighted by molar-refractivity contribution is 0.0943. The number of hydrogen-bond acceptors (Lipinski definition) is 3. The van der Waals surface area contributed by atoms with Crippen molar-refractivity contribution < 1.29 is 9.18 Å². The van der Waals surface area contributed by atoms with E-state index in [0.717, 1.165) is 19.6 Å². The summed E-state index contributed by atoms with van der Waals surface area (Å²) in [5, 5.41) is 6.40. The van der Waals surface area contributed by atoms with Gasteiger partial charge in [0.1, 0.15) is 5.82 Å². The molecule has 0 spiro atoms. The summed E-state index contributed by atoms with van der Waals surface area (Å²) in [6.07, 6.45) is 0. The second-order valence-electron chi connectivity index (χ2n) is 5.20. The van der Waals surface area contributed by atoms with Gasteiger partial charge in [0.2, 0.25) is 0 Å². The highest BCUT2D eigenvalue weighted by atomic mass is 35.5. The number of carbonyl (C=O) groups is 1. The first-order valence-corrected chi connectivity index (χ1v) is 7.01. The first-order chi connectivity index (χ1) is 9.47. The van der Waals surface area contributed by atoms with Gasteiger partial charge in [-0.2, -0.15) is 0 Å². The Morgan fingerprint density at radius 3 is 3.05 bits per heavy atom. The Morgan fingerprint density at radius 2 is 2.35 bits per heavy atom. The smallest absolute Gasteiger partial charge is 0.252 e. The number of likely N-dealkylation sites (N-methyl/N-ethyl adjacent to an activating group) is 1. The van der Waals surface area contributed by atoms with E-state index in [9.17, 15) is 9.18 Å². The Hall–Kier alpha value is -1.17. The molecule has 110 valence electrons. The molecule has 2 N–H and O–H groups in total. The third-order valence-corrected chi connectivity index (χ3v) is 3.77. The zero-order valence-electron chi connectivity index (χ0n) is 11.7. The second-order valence-corrected chi connectivity index (χ2v) is 5.61. The average Bonchev–Trinajstić information content (AvgIpc) is 2.40. The fraction of sp³-hybridized carbons (Fsp3) is 0.500. The van der Waals surface area contributed by atoms with Gasteiger partial charge in [-0.25, -0.2) is 4.39 Å². The normalized spacial score (nSPS) is 19.9. The molecular formula is C14H19ClFN3O. The molecule has 0 aliphatic carbocycles. The topological polar surface area (TPSA) is 44.4 Å². The van der Waals surface area contributed by atoms with Gasteiger partial charge >= 0.3 is 0 Å². The first kappa shape index (κ1) is 15.2. The Bertz CT molecular complexity index is 509. The number of carbonyl (C=O) groups excluding carboxylic acids is 1. The highest BCUT2D eigenvalue weighted by Gasteiger charge is 2.18. The molecule has 1 aliphatic rings. The summed E-state index contributed by atoms with van der Waals surface area (Å²) in [5.41, 5.74) is 0.612. The number of aryl methyl sites for hydroxylation is 1. The number of piperazine rings is 1. The van der Waals surface area contributed by atoms with E-state index in [-0.39, 0.29) is 22.5 Å². The van der Waals surface area contributed by atoms with Gasteiger partial charge in [0, 0.05) is 32.2 Å². The van der Waals surface area contributed by atoms with Crippen LogP contribution >= 0.6 is 11.6 Å². The number of nitrogens with one attached hydrogen (secondary N) is 2. The molecule has 0 radical (unpaired) electrons. The quantitative estimate of drug-likeness (QED) is 0.887. The number of amides is 1. The third-order valence-electron chi connectivity index (χ3n) is 3.46. The minimum absolute atomic E-state index is 0.180. The fourth-order valence-corrected chi connectivity index (χ4v) is 2.56. The molecule has 0 saturated carbocycles. The summed E-state index contributed by atoms with van der Waals surface area (Å²) in [7, 11) is 2.04. The lowest BCUT2D eigenvalue weighted by Crippen LogP contribution is -2.53. The van der Waals surface area contributed by atoms with Gasteiger partial charge in [-0.1, -0.05) is 11.6 Å². The lowest BCUT2D eigenvalue weighted by Gasteiger charge is -2.30. The van der Waals surface area contributed by atoms with Crippen molar-refractivity contribution in [3.63, 3.8) is 0 Å². The Kier molecular flexibility index (Phi) is 4.96. The van der Waals surface area contributed by atoms with Crippen LogP contribution in [0.25, 0.3) is 0 Å². The monoisotopic (exact) mass is 299 g/mol. The number of nitrogens with zero attached hydrogens (tertiary/aromatic N) is 1. The second kappa shape index (κ2) is 6.52. The van der Waals surface area contributed by atoms with Gasteiger partial charge < -0.3 is 15.5 Å². The molecule has 2 rings (SSSR count). The van der Waals surface area contributed by atoms with Gasteiger partial charge in [-0.15, -0.1) is 0 Å². The van der Waals surface area contributed by atoms with Crippen LogP contribution < -0.4 is 10.6 Å². The highest BCUT2D eigenvalue weighted by molar-refractivity contribution is 6.33. The molecule has 1 heterocycles. The van der Waals surface area contributed by atoms with E-state index in [2.05, 4.69) is 15.5 Å². The Balaban J connectivity index is 1.96. The maximum absolute atomic E-state index is 13.5. The molecule has 1 fully saturated rings. The molecule has 1 atom stereocenters. The molecule has 0 aromatic heterocycles. The van der Waals surface area contributed by atoms with Crippen LogP contribution in [-0.4, -0.2) is 50.1 Å². The fourth-order valence-electron chi connectivity index (χ4n) is 2.26. The van der Waals surface area contributed by atoms with E-state index in [1.807, 2.05) is 7.05 Å². The molecule has 1 aromatic carbocycles. The minimum Gasteiger partial charge on any atom is -0.350 e. The van der Waals surface area contributed by atoms with Crippen molar-refractivity contribution in [1.82, 2.24) is 15.5 Å². The van der Waals surface area contributed by atoms with Crippen LogP contribution in [0.3, 0.4) is 0 Å². The van der Waals surface area contributed by atoms with E-state index in [1.165, 1.54) is 12.1 Å². The van der Waals surface area contributed by atoms with Crippen molar-refractivity contribution in [2.24, 2.45) is 0 Å². The van der Waals surface area contributed by atoms with E-state index >= 15 is 0 Å². The molecule has 0 bridgehead atoms. The van der Waals surface area contributed by atoms with Crippen LogP contribution in [-0.2, 0) is 0 Å². The SMILES string of the molecule is Cc1cc(Cl)c(C(=O)NCC2CN(C)CCN2)cc1F. The Morgan fingerprint density at radius 1 is 1.60 bits per heavy atom. The molecule has 1 aromatic rings. The zero-order valence-corrected chi connectivity index (χ0v) is 12.4. The van der Waals surface area contributed by atoms with Gasteiger partial charge in [-0.3, -0.25) is 4.79 Å². The van der Waals surface area contributed by atoms with Crippen LogP contribution in [0.2, 0.25) is 5.02 Å². The van der Waals surface area contributed by atoms with E-state index < -0.39 is 5.82 Å². The molecule has 1 unspecified atom stereocenters. The number of halogens is 2. The van der Waals surface area contributed by atoms with Gasteiger partial charge in [0.05, 0.1) is 10.6 Å². The molecule has 1 saturated heterocycles. The first-order valence-electron chi connectivity index (χ1n) is 6.63. The van der Waals surface area contributed by atoms with Crippen LogP contribution in [0.1, 0.15) is 15.9 Å². The molecule has 4 nitrogen and oxygen atoms in total. The molecule has 1 amide bonds. The van der Waals surface area contributed by atoms with E-state index in [1.54, 1.807) is 6.92 Å². The van der Waals surface area contributed by atoms with Crippen LogP contribution in [0.4, 0.5) is 4.39 Å². The third kappa shape index (κ3) is 3.69. The number of hydrogen-bond donors (Lipinski definition) is 2. The maximum Gasteiger partial charge on any atom is 0.252 e. The van der Waals surface area contributed by atoms with Crippen molar-refractivity contribution in [3.05, 3.63) is 34.1 Å². The average molecular weight is 300 g/mol. The van der Waals surface area contributed by atoms with Crippen LogP contribution in [0.5, 0.6) is 0 Å². The largest absolute Gasteiger partial charge is 0.350 e. The van der Waals surface area contributed by atoms with Crippen molar-refractivity contribution in [3.8, 4) is 0 Å². The van der Waals surface area contributed by atoms with Crippen molar-refractivity contribution in [1.29, 1.82) is 0 Å². The van der Waals surface area contributed by atoms with Crippen molar-refractivity contribution >= 4 is 17.5 Å².